The summed E-state index contributed by atoms with van der Waals surface area (Å²) in [6.07, 6.45) is 5.39. The first kappa shape index (κ1) is 12.4. The third kappa shape index (κ3) is 3.20. The fourth-order valence-electron chi connectivity index (χ4n) is 1.81. The molecule has 0 aliphatic carbocycles. The van der Waals surface area contributed by atoms with Gasteiger partial charge in [-0.3, -0.25) is 0 Å². The van der Waals surface area contributed by atoms with Gasteiger partial charge in [0.2, 0.25) is 0 Å². The van der Waals surface area contributed by atoms with Crippen LogP contribution in [0.3, 0.4) is 0 Å². The molecule has 0 spiro atoms. The van der Waals surface area contributed by atoms with E-state index in [1.807, 2.05) is 6.07 Å². The summed E-state index contributed by atoms with van der Waals surface area (Å²) in [7, 11) is 0. The van der Waals surface area contributed by atoms with Crippen LogP contribution in [0.1, 0.15) is 39.3 Å². The maximum Gasteiger partial charge on any atom is 0.158 e. The largest absolute Gasteiger partial charge is 0.366 e. The van der Waals surface area contributed by atoms with E-state index in [2.05, 4.69) is 36.1 Å². The second kappa shape index (κ2) is 6.06. The number of rotatable bonds is 5. The van der Waals surface area contributed by atoms with Crippen molar-refractivity contribution in [2.45, 2.75) is 39.7 Å². The Hall–Kier alpha value is -1.63. The highest BCUT2D eigenvalue weighted by atomic mass is 15.0. The van der Waals surface area contributed by atoms with E-state index < -0.39 is 0 Å². The smallest absolute Gasteiger partial charge is 0.158 e. The minimum Gasteiger partial charge on any atom is -0.366 e. The van der Waals surface area contributed by atoms with Gasteiger partial charge in [0.1, 0.15) is 11.9 Å². The van der Waals surface area contributed by atoms with E-state index in [0.717, 1.165) is 18.7 Å². The standard InChI is InChI=1S/C12H18N4/c1-4-10(5-2)9(3)16-12-8-14-11(6-13)7-15-12/h7-10H,4-5H2,1-3H3,(H,15,16). The van der Waals surface area contributed by atoms with Crippen molar-refractivity contribution in [1.82, 2.24) is 9.97 Å². The number of hydrogen-bond donors (Lipinski definition) is 1. The maximum absolute atomic E-state index is 8.60. The monoisotopic (exact) mass is 218 g/mol. The number of hydrogen-bond acceptors (Lipinski definition) is 4. The average molecular weight is 218 g/mol. The Kier molecular flexibility index (Phi) is 4.71. The molecule has 0 bridgehead atoms. The topological polar surface area (TPSA) is 61.6 Å². The highest BCUT2D eigenvalue weighted by Crippen LogP contribution is 2.16. The third-order valence-electron chi connectivity index (χ3n) is 2.90. The number of nitriles is 1. The first-order valence-electron chi connectivity index (χ1n) is 5.69. The molecular formula is C12H18N4. The molecule has 1 unspecified atom stereocenters. The predicted molar refractivity (Wildman–Crippen MR) is 63.9 cm³/mol. The molecular weight excluding hydrogens is 200 g/mol. The molecule has 1 heterocycles. The molecule has 1 atom stereocenters. The summed E-state index contributed by atoms with van der Waals surface area (Å²) >= 11 is 0. The quantitative estimate of drug-likeness (QED) is 0.825. The highest BCUT2D eigenvalue weighted by molar-refractivity contribution is 5.34. The molecule has 0 amide bonds. The molecule has 1 N–H and O–H groups in total. The molecule has 0 aromatic carbocycles. The zero-order valence-electron chi connectivity index (χ0n) is 10.1. The molecule has 16 heavy (non-hydrogen) atoms. The van der Waals surface area contributed by atoms with Gasteiger partial charge >= 0.3 is 0 Å². The minimum atomic E-state index is 0.348. The van der Waals surface area contributed by atoms with Crippen molar-refractivity contribution in [3.63, 3.8) is 0 Å². The maximum atomic E-state index is 8.60. The Morgan fingerprint density at radius 3 is 2.44 bits per heavy atom. The normalized spacial score (nSPS) is 12.2. The van der Waals surface area contributed by atoms with Crippen LogP contribution in [0.15, 0.2) is 12.4 Å². The summed E-state index contributed by atoms with van der Waals surface area (Å²) in [5.41, 5.74) is 0.348. The number of nitrogens with one attached hydrogen (secondary N) is 1. The second-order valence-electron chi connectivity index (χ2n) is 3.91. The molecule has 0 saturated heterocycles. The number of aromatic nitrogens is 2. The Balaban J connectivity index is 2.62. The summed E-state index contributed by atoms with van der Waals surface area (Å²) in [6, 6.07) is 2.32. The van der Waals surface area contributed by atoms with Crippen molar-refractivity contribution in [2.75, 3.05) is 5.32 Å². The molecule has 0 saturated carbocycles. The molecule has 0 radical (unpaired) electrons. The van der Waals surface area contributed by atoms with Gasteiger partial charge in [0, 0.05) is 6.04 Å². The zero-order chi connectivity index (χ0) is 12.0. The van der Waals surface area contributed by atoms with Gasteiger partial charge in [-0.1, -0.05) is 26.7 Å². The molecule has 0 fully saturated rings. The fraction of sp³-hybridized carbons (Fsp3) is 0.583. The van der Waals surface area contributed by atoms with Crippen LogP contribution in [0.4, 0.5) is 5.82 Å². The molecule has 0 aliphatic heterocycles. The van der Waals surface area contributed by atoms with Crippen LogP contribution in [0.25, 0.3) is 0 Å². The first-order valence-corrected chi connectivity index (χ1v) is 5.69. The van der Waals surface area contributed by atoms with E-state index in [0.29, 0.717) is 17.7 Å². The van der Waals surface area contributed by atoms with Crippen molar-refractivity contribution in [1.29, 1.82) is 5.26 Å². The molecule has 1 aromatic heterocycles. The molecule has 86 valence electrons. The lowest BCUT2D eigenvalue weighted by Crippen LogP contribution is -2.25. The highest BCUT2D eigenvalue weighted by Gasteiger charge is 2.13. The first-order chi connectivity index (χ1) is 7.71. The lowest BCUT2D eigenvalue weighted by atomic mass is 9.96. The van der Waals surface area contributed by atoms with E-state index in [1.54, 1.807) is 6.20 Å². The van der Waals surface area contributed by atoms with Crippen LogP contribution in [-0.2, 0) is 0 Å². The second-order valence-corrected chi connectivity index (χ2v) is 3.91. The van der Waals surface area contributed by atoms with Gasteiger partial charge in [0.05, 0.1) is 12.4 Å². The Morgan fingerprint density at radius 2 is 2.00 bits per heavy atom. The van der Waals surface area contributed by atoms with Crippen LogP contribution in [0.5, 0.6) is 0 Å². The van der Waals surface area contributed by atoms with Crippen molar-refractivity contribution in [3.05, 3.63) is 18.1 Å². The summed E-state index contributed by atoms with van der Waals surface area (Å²) < 4.78 is 0. The van der Waals surface area contributed by atoms with Crippen molar-refractivity contribution >= 4 is 5.82 Å². The van der Waals surface area contributed by atoms with Gasteiger partial charge in [-0.2, -0.15) is 5.26 Å². The minimum absolute atomic E-state index is 0.348. The van der Waals surface area contributed by atoms with Gasteiger partial charge in [-0.15, -0.1) is 0 Å². The molecule has 0 aliphatic rings. The van der Waals surface area contributed by atoms with Crippen LogP contribution < -0.4 is 5.32 Å². The van der Waals surface area contributed by atoms with Crippen molar-refractivity contribution in [3.8, 4) is 6.07 Å². The average Bonchev–Trinajstić information content (AvgIpc) is 2.31. The van der Waals surface area contributed by atoms with Gasteiger partial charge < -0.3 is 5.32 Å². The Bertz CT molecular complexity index is 348. The van der Waals surface area contributed by atoms with E-state index in [9.17, 15) is 0 Å². The summed E-state index contributed by atoms with van der Waals surface area (Å²) in [6.45, 7) is 6.53. The van der Waals surface area contributed by atoms with Crippen LogP contribution in [-0.4, -0.2) is 16.0 Å². The number of nitrogens with zero attached hydrogens (tertiary/aromatic N) is 3. The summed E-state index contributed by atoms with van der Waals surface area (Å²) in [4.78, 5) is 8.12. The van der Waals surface area contributed by atoms with Gasteiger partial charge in [-0.05, 0) is 12.8 Å². The van der Waals surface area contributed by atoms with Crippen LogP contribution in [0.2, 0.25) is 0 Å². The number of anilines is 1. The van der Waals surface area contributed by atoms with Gasteiger partial charge in [-0.25, -0.2) is 9.97 Å². The summed E-state index contributed by atoms with van der Waals surface area (Å²) in [5, 5.41) is 11.9. The van der Waals surface area contributed by atoms with E-state index in [1.165, 1.54) is 6.20 Å². The van der Waals surface area contributed by atoms with E-state index in [4.69, 9.17) is 5.26 Å². The summed E-state index contributed by atoms with van der Waals surface area (Å²) in [5.74, 6) is 1.37. The zero-order valence-corrected chi connectivity index (χ0v) is 10.1. The van der Waals surface area contributed by atoms with Gasteiger partial charge in [0.25, 0.3) is 0 Å². The molecule has 1 aromatic rings. The van der Waals surface area contributed by atoms with Crippen LogP contribution in [0, 0.1) is 17.2 Å². The predicted octanol–water partition coefficient (Wildman–Crippen LogP) is 2.58. The third-order valence-corrected chi connectivity index (χ3v) is 2.90. The van der Waals surface area contributed by atoms with Crippen molar-refractivity contribution in [2.24, 2.45) is 5.92 Å². The molecule has 4 heteroatoms. The van der Waals surface area contributed by atoms with Crippen LogP contribution >= 0.6 is 0 Å². The van der Waals surface area contributed by atoms with Gasteiger partial charge in [0.15, 0.2) is 5.69 Å². The Labute approximate surface area is 96.7 Å². The van der Waals surface area contributed by atoms with E-state index >= 15 is 0 Å². The van der Waals surface area contributed by atoms with Crippen molar-refractivity contribution < 1.29 is 0 Å². The lowest BCUT2D eigenvalue weighted by Gasteiger charge is -2.22. The fourth-order valence-corrected chi connectivity index (χ4v) is 1.81. The molecule has 4 nitrogen and oxygen atoms in total. The van der Waals surface area contributed by atoms with E-state index in [-0.39, 0.29) is 0 Å². The Morgan fingerprint density at radius 1 is 1.31 bits per heavy atom. The SMILES string of the molecule is CCC(CC)C(C)Nc1cnc(C#N)cn1. The lowest BCUT2D eigenvalue weighted by molar-refractivity contribution is 0.437. The molecule has 1 rings (SSSR count).